The van der Waals surface area contributed by atoms with E-state index in [1.807, 2.05) is 0 Å². The molecule has 1 aromatic rings. The predicted octanol–water partition coefficient (Wildman–Crippen LogP) is 0.928. The van der Waals surface area contributed by atoms with E-state index in [2.05, 4.69) is 10.6 Å². The Morgan fingerprint density at radius 3 is 2.81 bits per heavy atom. The van der Waals surface area contributed by atoms with Crippen LogP contribution in [0.15, 0.2) is 35.5 Å². The van der Waals surface area contributed by atoms with Crippen LogP contribution in [0, 0.1) is 10.1 Å². The molecule has 2 aliphatic rings. The van der Waals surface area contributed by atoms with Gasteiger partial charge in [0, 0.05) is 32.3 Å². The molecule has 0 bridgehead atoms. The highest BCUT2D eigenvalue weighted by molar-refractivity contribution is 6.03. The maximum atomic E-state index is 13.3. The number of carbonyl (C=O) groups is 3. The topological polar surface area (TPSA) is 134 Å². The molecule has 0 radical (unpaired) electrons. The summed E-state index contributed by atoms with van der Waals surface area (Å²) < 4.78 is 4.92. The number of non-ortho nitro benzene ring substituents is 1. The number of amides is 4. The van der Waals surface area contributed by atoms with Gasteiger partial charge in [0.2, 0.25) is 5.91 Å². The van der Waals surface area contributed by atoms with Crippen molar-refractivity contribution in [1.29, 1.82) is 0 Å². The number of methoxy groups -OCH3 is 1. The SMILES string of the molecule is CCN1C(=O)N[C@H](c2cccc([N+](=O)[O-])c2)C2=C1CN([C@H](C)C(=O)NCCOC)C2=O. The molecular weight excluding hydrogens is 406 g/mol. The van der Waals surface area contributed by atoms with Crippen molar-refractivity contribution in [3.8, 4) is 0 Å². The van der Waals surface area contributed by atoms with Crippen LogP contribution in [0.3, 0.4) is 0 Å². The number of urea groups is 1. The Hall–Kier alpha value is -3.47. The molecule has 11 heteroatoms. The zero-order valence-electron chi connectivity index (χ0n) is 17.6. The van der Waals surface area contributed by atoms with Gasteiger partial charge in [0.1, 0.15) is 6.04 Å². The summed E-state index contributed by atoms with van der Waals surface area (Å²) in [5.41, 5.74) is 1.11. The van der Waals surface area contributed by atoms with E-state index in [4.69, 9.17) is 4.74 Å². The fraction of sp³-hybridized carbons (Fsp3) is 0.450. The molecule has 0 aromatic heterocycles. The molecule has 31 heavy (non-hydrogen) atoms. The Labute approximate surface area is 179 Å². The summed E-state index contributed by atoms with van der Waals surface area (Å²) in [6.07, 6.45) is 0. The number of hydrogen-bond donors (Lipinski definition) is 2. The van der Waals surface area contributed by atoms with Crippen molar-refractivity contribution in [3.63, 3.8) is 0 Å². The van der Waals surface area contributed by atoms with Crippen LogP contribution in [0.2, 0.25) is 0 Å². The number of ether oxygens (including phenoxy) is 1. The summed E-state index contributed by atoms with van der Waals surface area (Å²) >= 11 is 0. The van der Waals surface area contributed by atoms with Gasteiger partial charge in [0.25, 0.3) is 11.6 Å². The van der Waals surface area contributed by atoms with Crippen molar-refractivity contribution < 1.29 is 24.0 Å². The molecular formula is C20H25N5O6. The lowest BCUT2D eigenvalue weighted by Crippen LogP contribution is -2.47. The van der Waals surface area contributed by atoms with Crippen LogP contribution < -0.4 is 10.6 Å². The zero-order chi connectivity index (χ0) is 22.7. The number of carbonyl (C=O) groups excluding carboxylic acids is 3. The molecule has 1 aromatic carbocycles. The number of nitro benzene ring substituents is 1. The molecule has 2 aliphatic heterocycles. The number of nitrogens with one attached hydrogen (secondary N) is 2. The maximum Gasteiger partial charge on any atom is 0.322 e. The summed E-state index contributed by atoms with van der Waals surface area (Å²) in [7, 11) is 1.52. The summed E-state index contributed by atoms with van der Waals surface area (Å²) in [5, 5.41) is 16.7. The maximum absolute atomic E-state index is 13.3. The first kappa shape index (κ1) is 22.2. The third-order valence-corrected chi connectivity index (χ3v) is 5.43. The molecule has 11 nitrogen and oxygen atoms in total. The Morgan fingerprint density at radius 2 is 2.16 bits per heavy atom. The first-order valence-corrected chi connectivity index (χ1v) is 9.93. The highest BCUT2D eigenvalue weighted by Crippen LogP contribution is 2.37. The molecule has 166 valence electrons. The van der Waals surface area contributed by atoms with E-state index in [0.717, 1.165) is 0 Å². The third-order valence-electron chi connectivity index (χ3n) is 5.43. The molecule has 0 spiro atoms. The minimum Gasteiger partial charge on any atom is -0.383 e. The zero-order valence-corrected chi connectivity index (χ0v) is 17.6. The Balaban J connectivity index is 1.93. The molecule has 0 saturated carbocycles. The van der Waals surface area contributed by atoms with Gasteiger partial charge in [-0.2, -0.15) is 0 Å². The molecule has 0 fully saturated rings. The second-order valence-corrected chi connectivity index (χ2v) is 7.23. The third kappa shape index (κ3) is 4.22. The van der Waals surface area contributed by atoms with Crippen LogP contribution in [-0.2, 0) is 14.3 Å². The van der Waals surface area contributed by atoms with E-state index in [0.29, 0.717) is 36.5 Å². The number of likely N-dealkylation sites (N-methyl/N-ethyl adjacent to an activating group) is 1. The minimum absolute atomic E-state index is 0.0969. The second kappa shape index (κ2) is 9.13. The van der Waals surface area contributed by atoms with Crippen molar-refractivity contribution in [1.82, 2.24) is 20.4 Å². The van der Waals surface area contributed by atoms with Gasteiger partial charge in [-0.1, -0.05) is 12.1 Å². The van der Waals surface area contributed by atoms with E-state index < -0.39 is 23.0 Å². The molecule has 0 saturated heterocycles. The van der Waals surface area contributed by atoms with Crippen LogP contribution in [0.1, 0.15) is 25.5 Å². The Kier molecular flexibility index (Phi) is 6.54. The van der Waals surface area contributed by atoms with Crippen molar-refractivity contribution in [2.75, 3.05) is 33.4 Å². The number of hydrogen-bond acceptors (Lipinski definition) is 6. The highest BCUT2D eigenvalue weighted by Gasteiger charge is 2.46. The van der Waals surface area contributed by atoms with E-state index >= 15 is 0 Å². The lowest BCUT2D eigenvalue weighted by Gasteiger charge is -2.32. The monoisotopic (exact) mass is 431 g/mol. The summed E-state index contributed by atoms with van der Waals surface area (Å²) in [6.45, 7) is 4.49. The standard InChI is InChI=1S/C20H25N5O6/c1-4-23-15-11-24(12(2)18(26)21-8-9-31-3)19(27)16(15)17(22-20(23)28)13-6-5-7-14(10-13)25(29)30/h5-7,10,12,17H,4,8-9,11H2,1-3H3,(H,21,26)(H,22,28)/t12-,17-/m1/s1. The summed E-state index contributed by atoms with van der Waals surface area (Å²) in [5.74, 6) is -0.723. The van der Waals surface area contributed by atoms with Gasteiger partial charge in [-0.3, -0.25) is 24.6 Å². The smallest absolute Gasteiger partial charge is 0.322 e. The number of nitro groups is 1. The van der Waals surface area contributed by atoms with Gasteiger partial charge in [-0.25, -0.2) is 4.79 Å². The fourth-order valence-electron chi connectivity index (χ4n) is 3.79. The van der Waals surface area contributed by atoms with Crippen LogP contribution in [-0.4, -0.2) is 72.0 Å². The summed E-state index contributed by atoms with van der Waals surface area (Å²) in [4.78, 5) is 52.0. The van der Waals surface area contributed by atoms with Gasteiger partial charge >= 0.3 is 6.03 Å². The molecule has 2 N–H and O–H groups in total. The largest absolute Gasteiger partial charge is 0.383 e. The number of benzene rings is 1. The minimum atomic E-state index is -0.841. The average molecular weight is 431 g/mol. The molecule has 0 aliphatic carbocycles. The predicted molar refractivity (Wildman–Crippen MR) is 110 cm³/mol. The van der Waals surface area contributed by atoms with Crippen LogP contribution in [0.5, 0.6) is 0 Å². The van der Waals surface area contributed by atoms with Crippen molar-refractivity contribution >= 4 is 23.5 Å². The normalized spacial score (nSPS) is 19.3. The first-order valence-electron chi connectivity index (χ1n) is 9.93. The lowest BCUT2D eigenvalue weighted by atomic mass is 9.95. The van der Waals surface area contributed by atoms with Crippen LogP contribution in [0.25, 0.3) is 0 Å². The molecule has 3 rings (SSSR count). The van der Waals surface area contributed by atoms with E-state index in [-0.39, 0.29) is 24.0 Å². The summed E-state index contributed by atoms with van der Waals surface area (Å²) in [6, 6.07) is 3.81. The molecule has 2 atom stereocenters. The molecule has 2 heterocycles. The lowest BCUT2D eigenvalue weighted by molar-refractivity contribution is -0.384. The second-order valence-electron chi connectivity index (χ2n) is 7.23. The highest BCUT2D eigenvalue weighted by atomic mass is 16.6. The van der Waals surface area contributed by atoms with Crippen LogP contribution >= 0.6 is 0 Å². The number of nitrogens with zero attached hydrogens (tertiary/aromatic N) is 3. The van der Waals surface area contributed by atoms with Crippen molar-refractivity contribution in [3.05, 3.63) is 51.2 Å². The van der Waals surface area contributed by atoms with Crippen molar-refractivity contribution in [2.45, 2.75) is 25.9 Å². The Morgan fingerprint density at radius 1 is 1.42 bits per heavy atom. The average Bonchev–Trinajstić information content (AvgIpc) is 3.09. The van der Waals surface area contributed by atoms with Crippen molar-refractivity contribution in [2.24, 2.45) is 0 Å². The van der Waals surface area contributed by atoms with E-state index in [1.165, 1.54) is 35.1 Å². The van der Waals surface area contributed by atoms with Crippen LogP contribution in [0.4, 0.5) is 10.5 Å². The number of rotatable bonds is 8. The van der Waals surface area contributed by atoms with E-state index in [9.17, 15) is 24.5 Å². The van der Waals surface area contributed by atoms with E-state index in [1.54, 1.807) is 19.9 Å². The van der Waals surface area contributed by atoms with Gasteiger partial charge in [0.15, 0.2) is 0 Å². The molecule has 4 amide bonds. The van der Waals surface area contributed by atoms with Gasteiger partial charge in [-0.15, -0.1) is 0 Å². The quantitative estimate of drug-likeness (QED) is 0.357. The Bertz CT molecular complexity index is 946. The molecule has 0 unspecified atom stereocenters. The fourth-order valence-corrected chi connectivity index (χ4v) is 3.79. The van der Waals surface area contributed by atoms with Gasteiger partial charge < -0.3 is 20.3 Å². The van der Waals surface area contributed by atoms with Gasteiger partial charge in [-0.05, 0) is 19.4 Å². The first-order chi connectivity index (χ1) is 14.8. The van der Waals surface area contributed by atoms with Gasteiger partial charge in [0.05, 0.1) is 35.4 Å².